The highest BCUT2D eigenvalue weighted by atomic mass is 14.7. The van der Waals surface area contributed by atoms with E-state index in [1.54, 1.807) is 0 Å². The Labute approximate surface area is 63.6 Å². The molecule has 10 heavy (non-hydrogen) atoms. The van der Waals surface area contributed by atoms with Crippen molar-refractivity contribution in [2.75, 3.05) is 6.54 Å². The zero-order chi connectivity index (χ0) is 7.82. The second-order valence-corrected chi connectivity index (χ2v) is 2.61. The molecule has 0 aliphatic carbocycles. The van der Waals surface area contributed by atoms with Crippen molar-refractivity contribution in [1.82, 2.24) is 0 Å². The molecule has 0 aromatic rings. The average Bonchev–Trinajstić information content (AvgIpc) is 1.87. The van der Waals surface area contributed by atoms with E-state index in [2.05, 4.69) is 24.8 Å². The van der Waals surface area contributed by atoms with Crippen molar-refractivity contribution in [2.24, 2.45) is 10.9 Å². The Morgan fingerprint density at radius 3 is 2.80 bits per heavy atom. The predicted molar refractivity (Wildman–Crippen MR) is 46.3 cm³/mol. The van der Waals surface area contributed by atoms with Gasteiger partial charge >= 0.3 is 0 Å². The largest absolute Gasteiger partial charge is 0.297 e. The van der Waals surface area contributed by atoms with Gasteiger partial charge in [0.1, 0.15) is 0 Å². The number of terminal acetylenes is 1. The lowest BCUT2D eigenvalue weighted by atomic mass is 10.2. The maximum Gasteiger partial charge on any atom is 0.0394 e. The molecule has 1 nitrogen and oxygen atoms in total. The van der Waals surface area contributed by atoms with E-state index in [-0.39, 0.29) is 0 Å². The molecule has 0 N–H and O–H groups in total. The number of unbranched alkanes of at least 4 members (excludes halogenated alkanes) is 1. The van der Waals surface area contributed by atoms with Crippen LogP contribution in [0.3, 0.4) is 0 Å². The smallest absolute Gasteiger partial charge is 0.0394 e. The van der Waals surface area contributed by atoms with Crippen molar-refractivity contribution >= 4 is 6.21 Å². The summed E-state index contributed by atoms with van der Waals surface area (Å²) in [4.78, 5) is 4.19. The fraction of sp³-hybridized carbons (Fsp3) is 0.667. The second-order valence-electron chi connectivity index (χ2n) is 2.61. The van der Waals surface area contributed by atoms with Gasteiger partial charge in [0.25, 0.3) is 0 Å². The molecule has 0 bridgehead atoms. The van der Waals surface area contributed by atoms with Gasteiger partial charge in [0.05, 0.1) is 0 Å². The molecular formula is C9H15N. The summed E-state index contributed by atoms with van der Waals surface area (Å²) in [6.07, 6.45) is 8.89. The van der Waals surface area contributed by atoms with Gasteiger partial charge in [0, 0.05) is 19.2 Å². The molecule has 0 aliphatic heterocycles. The minimum absolute atomic E-state index is 0.561. The lowest BCUT2D eigenvalue weighted by molar-refractivity contribution is 0.846. The van der Waals surface area contributed by atoms with Crippen molar-refractivity contribution in [1.29, 1.82) is 0 Å². The summed E-state index contributed by atoms with van der Waals surface area (Å²) in [5.41, 5.74) is 0. The Balaban J connectivity index is 3.12. The topological polar surface area (TPSA) is 12.4 Å². The molecule has 0 aliphatic rings. The third kappa shape index (κ3) is 7.23. The van der Waals surface area contributed by atoms with E-state index < -0.39 is 0 Å². The molecule has 0 atom stereocenters. The summed E-state index contributed by atoms with van der Waals surface area (Å²) >= 11 is 0. The van der Waals surface area contributed by atoms with Gasteiger partial charge in [-0.2, -0.15) is 0 Å². The van der Waals surface area contributed by atoms with Gasteiger partial charge < -0.3 is 0 Å². The minimum atomic E-state index is 0.561. The molecule has 56 valence electrons. The lowest BCUT2D eigenvalue weighted by Crippen LogP contribution is -1.89. The number of hydrogen-bond acceptors (Lipinski definition) is 1. The molecule has 1 heteroatoms. The third-order valence-corrected chi connectivity index (χ3v) is 1.01. The fourth-order valence-corrected chi connectivity index (χ4v) is 0.558. The van der Waals surface area contributed by atoms with E-state index in [1.165, 1.54) is 0 Å². The normalized spacial score (nSPS) is 10.6. The van der Waals surface area contributed by atoms with Gasteiger partial charge in [-0.3, -0.25) is 4.99 Å². The van der Waals surface area contributed by atoms with Crippen LogP contribution in [0.25, 0.3) is 0 Å². The zero-order valence-electron chi connectivity index (χ0n) is 6.80. The van der Waals surface area contributed by atoms with Crippen molar-refractivity contribution < 1.29 is 0 Å². The predicted octanol–water partition coefficient (Wildman–Crippen LogP) is 2.13. The van der Waals surface area contributed by atoms with Gasteiger partial charge in [0.2, 0.25) is 0 Å². The third-order valence-electron chi connectivity index (χ3n) is 1.01. The highest BCUT2D eigenvalue weighted by Gasteiger charge is 1.83. The summed E-state index contributed by atoms with van der Waals surface area (Å²) in [5.74, 6) is 3.14. The van der Waals surface area contributed by atoms with Crippen LogP contribution in [0, 0.1) is 18.3 Å². The first-order chi connectivity index (χ1) is 4.77. The van der Waals surface area contributed by atoms with Crippen LogP contribution in [-0.4, -0.2) is 12.8 Å². The van der Waals surface area contributed by atoms with E-state index in [4.69, 9.17) is 6.42 Å². The van der Waals surface area contributed by atoms with Crippen LogP contribution >= 0.6 is 0 Å². The molecular weight excluding hydrogens is 122 g/mol. The number of nitrogens with zero attached hydrogens (tertiary/aromatic N) is 1. The zero-order valence-corrected chi connectivity index (χ0v) is 6.80. The molecule has 0 fully saturated rings. The maximum atomic E-state index is 5.07. The first-order valence-corrected chi connectivity index (χ1v) is 3.70. The first kappa shape index (κ1) is 9.23. The molecule has 0 aromatic carbocycles. The van der Waals surface area contributed by atoms with Gasteiger partial charge in [0.15, 0.2) is 0 Å². The highest BCUT2D eigenvalue weighted by molar-refractivity contribution is 5.59. The Hall–Kier alpha value is -0.770. The molecule has 0 saturated carbocycles. The Kier molecular flexibility index (Phi) is 5.86. The van der Waals surface area contributed by atoms with E-state index in [9.17, 15) is 0 Å². The van der Waals surface area contributed by atoms with Crippen molar-refractivity contribution in [3.05, 3.63) is 0 Å². The minimum Gasteiger partial charge on any atom is -0.297 e. The molecule has 0 spiro atoms. The van der Waals surface area contributed by atoms with Gasteiger partial charge in [-0.25, -0.2) is 0 Å². The van der Waals surface area contributed by atoms with Crippen LogP contribution in [0.2, 0.25) is 0 Å². The Morgan fingerprint density at radius 1 is 1.60 bits per heavy atom. The number of aliphatic imine (C=N–C) groups is 1. The van der Waals surface area contributed by atoms with Crippen LogP contribution in [0.5, 0.6) is 0 Å². The second kappa shape index (κ2) is 6.35. The highest BCUT2D eigenvalue weighted by Crippen LogP contribution is 1.89. The Bertz CT molecular complexity index is 128. The standard InChI is InChI=1S/C9H15N/c1-4-5-6-7-10-8-9(2)3/h1,8-9H,5-7H2,2-3H3. The van der Waals surface area contributed by atoms with Crippen LogP contribution in [-0.2, 0) is 0 Å². The fourth-order valence-electron chi connectivity index (χ4n) is 0.558. The van der Waals surface area contributed by atoms with E-state index in [0.717, 1.165) is 19.4 Å². The molecule has 0 heterocycles. The SMILES string of the molecule is C#CCCCN=CC(C)C. The molecule has 0 saturated heterocycles. The van der Waals surface area contributed by atoms with E-state index in [1.807, 2.05) is 6.21 Å². The molecule has 0 rings (SSSR count). The van der Waals surface area contributed by atoms with E-state index >= 15 is 0 Å². The summed E-state index contributed by atoms with van der Waals surface area (Å²) in [6.45, 7) is 5.11. The summed E-state index contributed by atoms with van der Waals surface area (Å²) in [6, 6.07) is 0. The number of rotatable bonds is 4. The molecule has 0 amide bonds. The van der Waals surface area contributed by atoms with Gasteiger partial charge in [-0.1, -0.05) is 13.8 Å². The van der Waals surface area contributed by atoms with Crippen LogP contribution in [0.1, 0.15) is 26.7 Å². The quantitative estimate of drug-likeness (QED) is 0.320. The summed E-state index contributed by atoms with van der Waals surface area (Å²) in [5, 5.41) is 0. The lowest BCUT2D eigenvalue weighted by Gasteiger charge is -1.92. The van der Waals surface area contributed by atoms with Crippen LogP contribution in [0.15, 0.2) is 4.99 Å². The van der Waals surface area contributed by atoms with Crippen LogP contribution in [0.4, 0.5) is 0 Å². The van der Waals surface area contributed by atoms with Gasteiger partial charge in [-0.05, 0) is 12.3 Å². The van der Waals surface area contributed by atoms with Gasteiger partial charge in [-0.15, -0.1) is 12.3 Å². The molecule has 0 radical (unpaired) electrons. The molecule has 0 unspecified atom stereocenters. The Morgan fingerprint density at radius 2 is 2.30 bits per heavy atom. The van der Waals surface area contributed by atoms with Crippen LogP contribution < -0.4 is 0 Å². The van der Waals surface area contributed by atoms with Crippen molar-refractivity contribution in [3.8, 4) is 12.3 Å². The molecule has 0 aromatic heterocycles. The average molecular weight is 137 g/mol. The van der Waals surface area contributed by atoms with E-state index in [0.29, 0.717) is 5.92 Å². The van der Waals surface area contributed by atoms with Crippen molar-refractivity contribution in [3.63, 3.8) is 0 Å². The van der Waals surface area contributed by atoms with Crippen molar-refractivity contribution in [2.45, 2.75) is 26.7 Å². The first-order valence-electron chi connectivity index (χ1n) is 3.70. The summed E-state index contributed by atoms with van der Waals surface area (Å²) in [7, 11) is 0. The maximum absolute atomic E-state index is 5.07. The summed E-state index contributed by atoms with van der Waals surface area (Å²) < 4.78 is 0. The monoisotopic (exact) mass is 137 g/mol. The number of hydrogen-bond donors (Lipinski definition) is 0.